The Labute approximate surface area is 91.6 Å². The van der Waals surface area contributed by atoms with Gasteiger partial charge in [-0.1, -0.05) is 17.5 Å². The lowest BCUT2D eigenvalue weighted by Gasteiger charge is -1.95. The van der Waals surface area contributed by atoms with E-state index in [1.165, 1.54) is 13.3 Å². The van der Waals surface area contributed by atoms with Crippen LogP contribution in [0.1, 0.15) is 12.1 Å². The molecule has 1 heterocycles. The summed E-state index contributed by atoms with van der Waals surface area (Å²) in [5.41, 5.74) is 5.63. The molecule has 2 N–H and O–H groups in total. The van der Waals surface area contributed by atoms with Crippen LogP contribution >= 0.6 is 11.6 Å². The molecular weight excluding hydrogens is 218 g/mol. The highest BCUT2D eigenvalue weighted by atomic mass is 35.5. The van der Waals surface area contributed by atoms with E-state index in [-0.39, 0.29) is 23.1 Å². The SMILES string of the molecule is COC(=O)CC#Cc1ncc(N)nc1Cl. The van der Waals surface area contributed by atoms with Crippen LogP contribution in [-0.4, -0.2) is 23.0 Å². The summed E-state index contributed by atoms with van der Waals surface area (Å²) in [5, 5.41) is 0.118. The highest BCUT2D eigenvalue weighted by Gasteiger charge is 2.00. The van der Waals surface area contributed by atoms with Crippen LogP contribution in [0.2, 0.25) is 5.15 Å². The van der Waals surface area contributed by atoms with Gasteiger partial charge in [0.1, 0.15) is 12.2 Å². The average molecular weight is 226 g/mol. The van der Waals surface area contributed by atoms with Gasteiger partial charge in [-0.05, 0) is 5.92 Å². The van der Waals surface area contributed by atoms with Gasteiger partial charge in [0.05, 0.1) is 13.3 Å². The average Bonchev–Trinajstić information content (AvgIpc) is 2.21. The predicted molar refractivity (Wildman–Crippen MR) is 55.0 cm³/mol. The first-order chi connectivity index (χ1) is 7.13. The third-order valence-corrected chi connectivity index (χ3v) is 1.68. The van der Waals surface area contributed by atoms with E-state index in [1.807, 2.05) is 0 Å². The molecule has 6 heteroatoms. The largest absolute Gasteiger partial charge is 0.468 e. The molecule has 0 spiro atoms. The number of nitrogens with two attached hydrogens (primary N) is 1. The first-order valence-electron chi connectivity index (χ1n) is 3.97. The first-order valence-corrected chi connectivity index (χ1v) is 4.35. The molecule has 0 saturated carbocycles. The molecule has 0 radical (unpaired) electrons. The molecule has 1 rings (SSSR count). The molecule has 0 amide bonds. The maximum atomic E-state index is 10.7. The van der Waals surface area contributed by atoms with E-state index in [0.29, 0.717) is 0 Å². The standard InChI is InChI=1S/C9H8ClN3O2/c1-15-8(14)4-2-3-6-9(10)13-7(11)5-12-6/h5H,4H2,1H3,(H2,11,13). The van der Waals surface area contributed by atoms with Crippen LogP contribution in [-0.2, 0) is 9.53 Å². The number of methoxy groups -OCH3 is 1. The van der Waals surface area contributed by atoms with Crippen molar-refractivity contribution < 1.29 is 9.53 Å². The van der Waals surface area contributed by atoms with Crippen molar-refractivity contribution in [3.63, 3.8) is 0 Å². The van der Waals surface area contributed by atoms with Gasteiger partial charge in [-0.25, -0.2) is 9.97 Å². The maximum Gasteiger partial charge on any atom is 0.317 e. The Balaban J connectivity index is 2.76. The first kappa shape index (κ1) is 11.3. The molecule has 5 nitrogen and oxygen atoms in total. The number of nitrogens with zero attached hydrogens (tertiary/aromatic N) is 2. The lowest BCUT2D eigenvalue weighted by Crippen LogP contribution is -1.98. The zero-order valence-corrected chi connectivity index (χ0v) is 8.71. The number of halogens is 1. The van der Waals surface area contributed by atoms with Crippen LogP contribution in [0, 0.1) is 11.8 Å². The predicted octanol–water partition coefficient (Wildman–Crippen LogP) is 0.627. The van der Waals surface area contributed by atoms with Gasteiger partial charge in [0.25, 0.3) is 0 Å². The molecule has 1 aromatic heterocycles. The molecule has 0 saturated heterocycles. The number of carbonyl (C=O) groups excluding carboxylic acids is 1. The Kier molecular flexibility index (Phi) is 3.89. The fourth-order valence-electron chi connectivity index (χ4n) is 0.735. The minimum absolute atomic E-state index is 0.0150. The molecule has 0 bridgehead atoms. The van der Waals surface area contributed by atoms with Crippen LogP contribution in [0.15, 0.2) is 6.20 Å². The van der Waals surface area contributed by atoms with Gasteiger partial charge in [-0.3, -0.25) is 4.79 Å². The van der Waals surface area contributed by atoms with E-state index >= 15 is 0 Å². The number of hydrogen-bond acceptors (Lipinski definition) is 5. The van der Waals surface area contributed by atoms with Gasteiger partial charge in [-0.2, -0.15) is 0 Å². The summed E-state index contributed by atoms with van der Waals surface area (Å²) in [5.74, 6) is 4.96. The molecule has 0 aromatic carbocycles. The molecule has 0 atom stereocenters. The Hall–Kier alpha value is -1.80. The zero-order chi connectivity index (χ0) is 11.3. The summed E-state index contributed by atoms with van der Waals surface area (Å²) in [4.78, 5) is 18.3. The summed E-state index contributed by atoms with van der Waals surface area (Å²) in [6, 6.07) is 0. The second kappa shape index (κ2) is 5.17. The lowest BCUT2D eigenvalue weighted by molar-refractivity contribution is -0.139. The molecule has 0 aliphatic rings. The quantitative estimate of drug-likeness (QED) is 0.560. The van der Waals surface area contributed by atoms with Crippen molar-refractivity contribution in [1.82, 2.24) is 9.97 Å². The van der Waals surface area contributed by atoms with Crippen molar-refractivity contribution >= 4 is 23.4 Å². The van der Waals surface area contributed by atoms with E-state index in [0.717, 1.165) is 0 Å². The molecule has 1 aromatic rings. The number of esters is 1. The topological polar surface area (TPSA) is 78.1 Å². The van der Waals surface area contributed by atoms with E-state index in [9.17, 15) is 4.79 Å². The van der Waals surface area contributed by atoms with Crippen molar-refractivity contribution in [1.29, 1.82) is 0 Å². The van der Waals surface area contributed by atoms with E-state index < -0.39 is 5.97 Å². The molecule has 0 aliphatic heterocycles. The molecular formula is C9H8ClN3O2. The van der Waals surface area contributed by atoms with Gasteiger partial charge < -0.3 is 10.5 Å². The monoisotopic (exact) mass is 225 g/mol. The van der Waals surface area contributed by atoms with Crippen LogP contribution in [0.25, 0.3) is 0 Å². The summed E-state index contributed by atoms with van der Waals surface area (Å²) in [6.07, 6.45) is 1.33. The normalized spacial score (nSPS) is 8.93. The number of hydrogen-bond donors (Lipinski definition) is 1. The van der Waals surface area contributed by atoms with Crippen molar-refractivity contribution in [2.45, 2.75) is 6.42 Å². The Bertz CT molecular complexity index is 437. The fourth-order valence-corrected chi connectivity index (χ4v) is 0.929. The highest BCUT2D eigenvalue weighted by Crippen LogP contribution is 2.09. The van der Waals surface area contributed by atoms with Gasteiger partial charge in [-0.15, -0.1) is 0 Å². The van der Waals surface area contributed by atoms with Crippen molar-refractivity contribution in [3.05, 3.63) is 17.0 Å². The molecule has 0 fully saturated rings. The molecule has 15 heavy (non-hydrogen) atoms. The summed E-state index contributed by atoms with van der Waals surface area (Å²) in [7, 11) is 1.29. The van der Waals surface area contributed by atoms with Gasteiger partial charge >= 0.3 is 5.97 Å². The molecule has 78 valence electrons. The lowest BCUT2D eigenvalue weighted by atomic mass is 10.4. The van der Waals surface area contributed by atoms with Gasteiger partial charge in [0.2, 0.25) is 0 Å². The van der Waals surface area contributed by atoms with Crippen molar-refractivity contribution in [3.8, 4) is 11.8 Å². The number of aromatic nitrogens is 2. The number of ether oxygens (including phenoxy) is 1. The second-order valence-electron chi connectivity index (χ2n) is 2.49. The minimum Gasteiger partial charge on any atom is -0.468 e. The number of carbonyl (C=O) groups is 1. The fraction of sp³-hybridized carbons (Fsp3) is 0.222. The Morgan fingerprint density at radius 2 is 2.47 bits per heavy atom. The number of nitrogen functional groups attached to an aromatic ring is 1. The van der Waals surface area contributed by atoms with E-state index in [4.69, 9.17) is 17.3 Å². The van der Waals surface area contributed by atoms with Crippen LogP contribution < -0.4 is 5.73 Å². The van der Waals surface area contributed by atoms with Crippen molar-refractivity contribution in [2.24, 2.45) is 0 Å². The third-order valence-electron chi connectivity index (χ3n) is 1.42. The minimum atomic E-state index is -0.415. The smallest absolute Gasteiger partial charge is 0.317 e. The third kappa shape index (κ3) is 3.44. The Morgan fingerprint density at radius 1 is 1.73 bits per heavy atom. The van der Waals surface area contributed by atoms with E-state index in [1.54, 1.807) is 0 Å². The maximum absolute atomic E-state index is 10.7. The zero-order valence-electron chi connectivity index (χ0n) is 7.95. The number of anilines is 1. The Morgan fingerprint density at radius 3 is 3.07 bits per heavy atom. The van der Waals surface area contributed by atoms with Crippen molar-refractivity contribution in [2.75, 3.05) is 12.8 Å². The second-order valence-corrected chi connectivity index (χ2v) is 2.85. The molecule has 0 aliphatic carbocycles. The summed E-state index contributed by atoms with van der Waals surface area (Å²) < 4.78 is 4.41. The van der Waals surface area contributed by atoms with Gasteiger partial charge in [0, 0.05) is 0 Å². The van der Waals surface area contributed by atoms with Crippen LogP contribution in [0.5, 0.6) is 0 Å². The number of rotatable bonds is 1. The van der Waals surface area contributed by atoms with E-state index in [2.05, 4.69) is 26.5 Å². The summed E-state index contributed by atoms with van der Waals surface area (Å²) >= 11 is 5.71. The van der Waals surface area contributed by atoms with Crippen LogP contribution in [0.3, 0.4) is 0 Å². The van der Waals surface area contributed by atoms with Crippen LogP contribution in [0.4, 0.5) is 5.82 Å². The van der Waals surface area contributed by atoms with Gasteiger partial charge in [0.15, 0.2) is 10.8 Å². The highest BCUT2D eigenvalue weighted by molar-refractivity contribution is 6.30. The molecule has 0 unspecified atom stereocenters. The summed E-state index contributed by atoms with van der Waals surface area (Å²) in [6.45, 7) is 0.